The molecule has 0 bridgehead atoms. The minimum Gasteiger partial charge on any atom is -0.361 e. The summed E-state index contributed by atoms with van der Waals surface area (Å²) >= 11 is 0. The van der Waals surface area contributed by atoms with Gasteiger partial charge in [0.05, 0.1) is 17.2 Å². The molecule has 1 aromatic heterocycles. The van der Waals surface area contributed by atoms with Crippen LogP contribution in [0.25, 0.3) is 0 Å². The van der Waals surface area contributed by atoms with Gasteiger partial charge in [0.25, 0.3) is 0 Å². The second-order valence-corrected chi connectivity index (χ2v) is 6.17. The maximum absolute atomic E-state index is 12.7. The Hall–Kier alpha value is -1.36. The molecule has 112 valence electrons. The van der Waals surface area contributed by atoms with Crippen molar-refractivity contribution in [3.63, 3.8) is 0 Å². The first-order valence-electron chi connectivity index (χ1n) is 7.33. The smallest absolute Gasteiger partial charge is 0.228 e. The van der Waals surface area contributed by atoms with Crippen molar-refractivity contribution >= 4 is 5.91 Å². The second-order valence-electron chi connectivity index (χ2n) is 6.17. The molecule has 1 aliphatic heterocycles. The highest BCUT2D eigenvalue weighted by Gasteiger charge is 2.44. The molecule has 5 heteroatoms. The van der Waals surface area contributed by atoms with Gasteiger partial charge in [0.15, 0.2) is 0 Å². The fourth-order valence-corrected chi connectivity index (χ4v) is 3.18. The standard InChI is InChI=1S/C15H25N3O2/c1-9(2)15(6-7-16-8-15)14(19)17-10(3)13-11(4)18-20-12(13)5/h9-10,16H,6-8H2,1-5H3,(H,17,19). The molecule has 1 aliphatic rings. The number of amides is 1. The number of nitrogens with one attached hydrogen (secondary N) is 2. The van der Waals surface area contributed by atoms with Crippen molar-refractivity contribution in [2.45, 2.75) is 47.1 Å². The number of rotatable bonds is 4. The van der Waals surface area contributed by atoms with Gasteiger partial charge < -0.3 is 15.2 Å². The van der Waals surface area contributed by atoms with Crippen LogP contribution in [0.2, 0.25) is 0 Å². The summed E-state index contributed by atoms with van der Waals surface area (Å²) in [5.74, 6) is 1.22. The predicted molar refractivity (Wildman–Crippen MR) is 77.3 cm³/mol. The van der Waals surface area contributed by atoms with Gasteiger partial charge in [-0.15, -0.1) is 0 Å². The zero-order chi connectivity index (χ0) is 14.9. The van der Waals surface area contributed by atoms with E-state index in [-0.39, 0.29) is 17.4 Å². The van der Waals surface area contributed by atoms with Crippen LogP contribution in [0.15, 0.2) is 4.52 Å². The molecule has 1 saturated heterocycles. The van der Waals surface area contributed by atoms with Crippen molar-refractivity contribution in [1.82, 2.24) is 15.8 Å². The van der Waals surface area contributed by atoms with Crippen LogP contribution in [0.3, 0.4) is 0 Å². The Morgan fingerprint density at radius 2 is 2.10 bits per heavy atom. The lowest BCUT2D eigenvalue weighted by Crippen LogP contribution is -2.46. The lowest BCUT2D eigenvalue weighted by Gasteiger charge is -2.32. The van der Waals surface area contributed by atoms with Crippen molar-refractivity contribution in [1.29, 1.82) is 0 Å². The molecule has 0 aromatic carbocycles. The van der Waals surface area contributed by atoms with Crippen molar-refractivity contribution in [2.24, 2.45) is 11.3 Å². The Morgan fingerprint density at radius 3 is 2.55 bits per heavy atom. The summed E-state index contributed by atoms with van der Waals surface area (Å²) in [5.41, 5.74) is 1.54. The molecule has 2 rings (SSSR count). The average Bonchev–Trinajstić information content (AvgIpc) is 2.97. The molecule has 0 radical (unpaired) electrons. The first-order chi connectivity index (χ1) is 9.38. The van der Waals surface area contributed by atoms with E-state index in [9.17, 15) is 4.79 Å². The van der Waals surface area contributed by atoms with Crippen LogP contribution in [0, 0.1) is 25.2 Å². The molecule has 20 heavy (non-hydrogen) atoms. The average molecular weight is 279 g/mol. The summed E-state index contributed by atoms with van der Waals surface area (Å²) in [5, 5.41) is 10.4. The van der Waals surface area contributed by atoms with Crippen molar-refractivity contribution < 1.29 is 9.32 Å². The Morgan fingerprint density at radius 1 is 1.40 bits per heavy atom. The maximum atomic E-state index is 12.7. The molecule has 1 aromatic rings. The summed E-state index contributed by atoms with van der Waals surface area (Å²) in [6, 6.07) is -0.0787. The largest absolute Gasteiger partial charge is 0.361 e. The Labute approximate surface area is 120 Å². The number of hydrogen-bond donors (Lipinski definition) is 2. The highest BCUT2D eigenvalue weighted by atomic mass is 16.5. The predicted octanol–water partition coefficient (Wildman–Crippen LogP) is 2.10. The third-order valence-electron chi connectivity index (χ3n) is 4.61. The van der Waals surface area contributed by atoms with E-state index in [2.05, 4.69) is 29.6 Å². The van der Waals surface area contributed by atoms with Crippen LogP contribution < -0.4 is 10.6 Å². The third kappa shape index (κ3) is 2.46. The highest BCUT2D eigenvalue weighted by Crippen LogP contribution is 2.35. The van der Waals surface area contributed by atoms with E-state index >= 15 is 0 Å². The van der Waals surface area contributed by atoms with Crippen molar-refractivity contribution in [3.05, 3.63) is 17.0 Å². The number of carbonyl (C=O) groups is 1. The molecule has 2 N–H and O–H groups in total. The van der Waals surface area contributed by atoms with Gasteiger partial charge >= 0.3 is 0 Å². The molecule has 2 unspecified atom stereocenters. The van der Waals surface area contributed by atoms with E-state index in [1.807, 2.05) is 20.8 Å². The molecule has 1 amide bonds. The molecule has 1 fully saturated rings. The van der Waals surface area contributed by atoms with E-state index in [0.29, 0.717) is 5.92 Å². The SMILES string of the molecule is Cc1noc(C)c1C(C)NC(=O)C1(C(C)C)CCNC1. The maximum Gasteiger partial charge on any atom is 0.228 e. The van der Waals surface area contributed by atoms with Crippen LogP contribution in [-0.4, -0.2) is 24.2 Å². The summed E-state index contributed by atoms with van der Waals surface area (Å²) < 4.78 is 5.18. The van der Waals surface area contributed by atoms with Crippen LogP contribution in [0.4, 0.5) is 0 Å². The summed E-state index contributed by atoms with van der Waals surface area (Å²) in [6.45, 7) is 11.7. The fourth-order valence-electron chi connectivity index (χ4n) is 3.18. The number of hydrogen-bond acceptors (Lipinski definition) is 4. The van der Waals surface area contributed by atoms with Gasteiger partial charge in [0.1, 0.15) is 5.76 Å². The minimum absolute atomic E-state index is 0.0787. The Bertz CT molecular complexity index is 468. The van der Waals surface area contributed by atoms with Gasteiger partial charge in [-0.25, -0.2) is 0 Å². The zero-order valence-electron chi connectivity index (χ0n) is 13.0. The van der Waals surface area contributed by atoms with E-state index in [1.165, 1.54) is 0 Å². The summed E-state index contributed by atoms with van der Waals surface area (Å²) in [4.78, 5) is 12.7. The normalized spacial score (nSPS) is 24.1. The molecule has 0 spiro atoms. The number of nitrogens with zero attached hydrogens (tertiary/aromatic N) is 1. The number of carbonyl (C=O) groups excluding carboxylic acids is 1. The second kappa shape index (κ2) is 5.56. The minimum atomic E-state index is -0.298. The highest BCUT2D eigenvalue weighted by molar-refractivity contribution is 5.84. The number of aromatic nitrogens is 1. The van der Waals surface area contributed by atoms with E-state index in [1.54, 1.807) is 0 Å². The van der Waals surface area contributed by atoms with Gasteiger partial charge in [-0.3, -0.25) is 4.79 Å². The molecular weight excluding hydrogens is 254 g/mol. The summed E-state index contributed by atoms with van der Waals surface area (Å²) in [7, 11) is 0. The third-order valence-corrected chi connectivity index (χ3v) is 4.61. The van der Waals surface area contributed by atoms with Crippen LogP contribution in [0.5, 0.6) is 0 Å². The Balaban J connectivity index is 2.15. The molecular formula is C15H25N3O2. The lowest BCUT2D eigenvalue weighted by atomic mass is 9.75. The van der Waals surface area contributed by atoms with Gasteiger partial charge in [-0.2, -0.15) is 0 Å². The zero-order valence-corrected chi connectivity index (χ0v) is 13.0. The molecule has 5 nitrogen and oxygen atoms in total. The van der Waals surface area contributed by atoms with Crippen LogP contribution >= 0.6 is 0 Å². The van der Waals surface area contributed by atoms with Crippen LogP contribution in [-0.2, 0) is 4.79 Å². The molecule has 2 heterocycles. The first-order valence-corrected chi connectivity index (χ1v) is 7.33. The van der Waals surface area contributed by atoms with Gasteiger partial charge in [-0.05, 0) is 39.7 Å². The van der Waals surface area contributed by atoms with Crippen molar-refractivity contribution in [3.8, 4) is 0 Å². The molecule has 2 atom stereocenters. The van der Waals surface area contributed by atoms with Gasteiger partial charge in [0.2, 0.25) is 5.91 Å². The molecule has 0 saturated carbocycles. The topological polar surface area (TPSA) is 67.2 Å². The lowest BCUT2D eigenvalue weighted by molar-refractivity contribution is -0.133. The fraction of sp³-hybridized carbons (Fsp3) is 0.733. The summed E-state index contributed by atoms with van der Waals surface area (Å²) in [6.07, 6.45) is 0.894. The van der Waals surface area contributed by atoms with Crippen LogP contribution in [0.1, 0.15) is 50.3 Å². The van der Waals surface area contributed by atoms with Gasteiger partial charge in [0, 0.05) is 12.1 Å². The van der Waals surface area contributed by atoms with E-state index in [4.69, 9.17) is 4.52 Å². The Kier molecular flexibility index (Phi) is 4.18. The quantitative estimate of drug-likeness (QED) is 0.886. The van der Waals surface area contributed by atoms with Crippen molar-refractivity contribution in [2.75, 3.05) is 13.1 Å². The number of aryl methyl sites for hydroxylation is 2. The van der Waals surface area contributed by atoms with E-state index in [0.717, 1.165) is 36.5 Å². The van der Waals surface area contributed by atoms with E-state index < -0.39 is 0 Å². The van der Waals surface area contributed by atoms with Gasteiger partial charge in [-0.1, -0.05) is 19.0 Å². The monoisotopic (exact) mass is 279 g/mol. The first kappa shape index (κ1) is 15.0. The molecule has 0 aliphatic carbocycles.